The van der Waals surface area contributed by atoms with E-state index in [2.05, 4.69) is 21.2 Å². The monoisotopic (exact) mass is 394 g/mol. The Morgan fingerprint density at radius 1 is 1.12 bits per heavy atom. The Labute approximate surface area is 156 Å². The highest BCUT2D eigenvalue weighted by Crippen LogP contribution is 2.23. The van der Waals surface area contributed by atoms with E-state index in [9.17, 15) is 10.1 Å². The Morgan fingerprint density at radius 2 is 1.72 bits per heavy atom. The number of hydrogen-bond donors (Lipinski definition) is 1. The Hall–Kier alpha value is -2.64. The van der Waals surface area contributed by atoms with Crippen LogP contribution < -0.4 is 5.32 Å². The van der Waals surface area contributed by atoms with Gasteiger partial charge in [0.05, 0.1) is 0 Å². The van der Waals surface area contributed by atoms with Crippen LogP contribution in [0.4, 0.5) is 5.69 Å². The van der Waals surface area contributed by atoms with Crippen molar-refractivity contribution in [1.82, 2.24) is 0 Å². The smallest absolute Gasteiger partial charge is 0.266 e. The van der Waals surface area contributed by atoms with Crippen LogP contribution in [-0.4, -0.2) is 5.91 Å². The first-order chi connectivity index (χ1) is 11.9. The van der Waals surface area contributed by atoms with Gasteiger partial charge in [0.2, 0.25) is 0 Å². The first kappa shape index (κ1) is 18.7. The SMILES string of the molecule is Cc1cc(C)c(NC(=O)/C(C#N)=C/C(Br)=C/c2ccccc2)c(C)c1. The molecule has 2 rings (SSSR count). The molecule has 4 heteroatoms. The second-order valence-corrected chi connectivity index (χ2v) is 6.75. The van der Waals surface area contributed by atoms with Gasteiger partial charge in [0.1, 0.15) is 11.6 Å². The number of rotatable bonds is 4. The van der Waals surface area contributed by atoms with Gasteiger partial charge in [-0.15, -0.1) is 0 Å². The molecular weight excluding hydrogens is 376 g/mol. The molecule has 25 heavy (non-hydrogen) atoms. The van der Waals surface area contributed by atoms with Crippen LogP contribution in [0.1, 0.15) is 22.3 Å². The van der Waals surface area contributed by atoms with E-state index < -0.39 is 5.91 Å². The lowest BCUT2D eigenvalue weighted by Crippen LogP contribution is -2.15. The number of allylic oxidation sites excluding steroid dienone is 2. The molecule has 0 atom stereocenters. The van der Waals surface area contributed by atoms with E-state index in [0.717, 1.165) is 27.9 Å². The van der Waals surface area contributed by atoms with Crippen molar-refractivity contribution in [3.8, 4) is 6.07 Å². The summed E-state index contributed by atoms with van der Waals surface area (Å²) in [6.45, 7) is 5.89. The summed E-state index contributed by atoms with van der Waals surface area (Å²) in [4.78, 5) is 12.5. The number of anilines is 1. The summed E-state index contributed by atoms with van der Waals surface area (Å²) in [6.07, 6.45) is 3.38. The van der Waals surface area contributed by atoms with Crippen LogP contribution in [0, 0.1) is 32.1 Å². The Bertz CT molecular complexity index is 867. The van der Waals surface area contributed by atoms with E-state index in [1.165, 1.54) is 6.08 Å². The van der Waals surface area contributed by atoms with E-state index in [1.807, 2.05) is 75.4 Å². The van der Waals surface area contributed by atoms with Gasteiger partial charge in [-0.1, -0.05) is 64.0 Å². The number of nitriles is 1. The van der Waals surface area contributed by atoms with E-state index in [-0.39, 0.29) is 5.57 Å². The number of benzene rings is 2. The third kappa shape index (κ3) is 5.17. The fraction of sp³-hybridized carbons (Fsp3) is 0.143. The molecule has 0 unspecified atom stereocenters. The average molecular weight is 395 g/mol. The maximum atomic E-state index is 12.5. The van der Waals surface area contributed by atoms with Crippen LogP contribution in [0.15, 0.2) is 58.6 Å². The molecule has 0 radical (unpaired) electrons. The zero-order valence-corrected chi connectivity index (χ0v) is 16.0. The molecule has 0 spiro atoms. The Kier molecular flexibility index (Phi) is 6.32. The van der Waals surface area contributed by atoms with Crippen molar-refractivity contribution in [2.45, 2.75) is 20.8 Å². The third-order valence-electron chi connectivity index (χ3n) is 3.67. The van der Waals surface area contributed by atoms with Gasteiger partial charge in [0.25, 0.3) is 5.91 Å². The van der Waals surface area contributed by atoms with E-state index >= 15 is 0 Å². The summed E-state index contributed by atoms with van der Waals surface area (Å²) in [7, 11) is 0. The molecule has 2 aromatic carbocycles. The molecule has 1 amide bonds. The molecule has 3 nitrogen and oxygen atoms in total. The minimum atomic E-state index is -0.420. The summed E-state index contributed by atoms with van der Waals surface area (Å²) >= 11 is 3.40. The summed E-state index contributed by atoms with van der Waals surface area (Å²) in [6, 6.07) is 15.7. The second-order valence-electron chi connectivity index (χ2n) is 5.84. The summed E-state index contributed by atoms with van der Waals surface area (Å²) in [5, 5.41) is 12.2. The molecule has 2 aromatic rings. The fourth-order valence-corrected chi connectivity index (χ4v) is 3.09. The third-order valence-corrected chi connectivity index (χ3v) is 4.12. The molecular formula is C21H19BrN2O. The van der Waals surface area contributed by atoms with Crippen LogP contribution in [0.5, 0.6) is 0 Å². The first-order valence-electron chi connectivity index (χ1n) is 7.84. The standard InChI is InChI=1S/C21H19BrN2O/c1-14-9-15(2)20(16(3)10-14)24-21(25)18(13-23)12-19(22)11-17-7-5-4-6-8-17/h4-12H,1-3H3,(H,24,25)/b18-12+,19-11-. The molecule has 1 N–H and O–H groups in total. The van der Waals surface area contributed by atoms with Crippen molar-refractivity contribution >= 4 is 33.6 Å². The van der Waals surface area contributed by atoms with Crippen molar-refractivity contribution in [1.29, 1.82) is 5.26 Å². The van der Waals surface area contributed by atoms with Crippen LogP contribution in [0.2, 0.25) is 0 Å². The van der Waals surface area contributed by atoms with Gasteiger partial charge < -0.3 is 5.32 Å². The van der Waals surface area contributed by atoms with Crippen LogP contribution in [-0.2, 0) is 4.79 Å². The van der Waals surface area contributed by atoms with Gasteiger partial charge in [0, 0.05) is 10.2 Å². The summed E-state index contributed by atoms with van der Waals surface area (Å²) in [5.74, 6) is -0.420. The maximum absolute atomic E-state index is 12.5. The lowest BCUT2D eigenvalue weighted by molar-refractivity contribution is -0.112. The normalized spacial score (nSPS) is 11.8. The maximum Gasteiger partial charge on any atom is 0.266 e. The number of carbonyl (C=O) groups is 1. The fourth-order valence-electron chi connectivity index (χ4n) is 2.59. The highest BCUT2D eigenvalue weighted by Gasteiger charge is 2.13. The van der Waals surface area contributed by atoms with Crippen molar-refractivity contribution in [2.75, 3.05) is 5.32 Å². The van der Waals surface area contributed by atoms with Gasteiger partial charge in [-0.2, -0.15) is 5.26 Å². The van der Waals surface area contributed by atoms with Gasteiger partial charge in [-0.25, -0.2) is 0 Å². The lowest BCUT2D eigenvalue weighted by Gasteiger charge is -2.12. The van der Waals surface area contributed by atoms with Crippen LogP contribution in [0.3, 0.4) is 0 Å². The number of carbonyl (C=O) groups excluding carboxylic acids is 1. The van der Waals surface area contributed by atoms with Crippen molar-refractivity contribution in [3.05, 3.63) is 80.8 Å². The van der Waals surface area contributed by atoms with Crippen molar-refractivity contribution in [3.63, 3.8) is 0 Å². The molecule has 0 heterocycles. The molecule has 0 bridgehead atoms. The predicted molar refractivity (Wildman–Crippen MR) is 106 cm³/mol. The molecule has 0 aliphatic heterocycles. The zero-order valence-electron chi connectivity index (χ0n) is 14.4. The van der Waals surface area contributed by atoms with E-state index in [4.69, 9.17) is 0 Å². The first-order valence-corrected chi connectivity index (χ1v) is 8.63. The molecule has 126 valence electrons. The number of nitrogens with one attached hydrogen (secondary N) is 1. The topological polar surface area (TPSA) is 52.9 Å². The average Bonchev–Trinajstić information content (AvgIpc) is 2.56. The van der Waals surface area contributed by atoms with Gasteiger partial charge in [0.15, 0.2) is 0 Å². The quantitative estimate of drug-likeness (QED) is 0.426. The highest BCUT2D eigenvalue weighted by atomic mass is 79.9. The zero-order chi connectivity index (χ0) is 18.4. The molecule has 0 fully saturated rings. The van der Waals surface area contributed by atoms with Crippen LogP contribution >= 0.6 is 15.9 Å². The summed E-state index contributed by atoms with van der Waals surface area (Å²) in [5.41, 5.74) is 4.86. The van der Waals surface area contributed by atoms with Crippen molar-refractivity contribution in [2.24, 2.45) is 0 Å². The Morgan fingerprint density at radius 3 is 2.28 bits per heavy atom. The van der Waals surface area contributed by atoms with Crippen molar-refractivity contribution < 1.29 is 4.79 Å². The molecule has 0 aliphatic carbocycles. The highest BCUT2D eigenvalue weighted by molar-refractivity contribution is 9.12. The number of hydrogen-bond acceptors (Lipinski definition) is 2. The predicted octanol–water partition coefficient (Wildman–Crippen LogP) is 5.44. The minimum absolute atomic E-state index is 0.0402. The van der Waals surface area contributed by atoms with Gasteiger partial charge in [-0.3, -0.25) is 4.79 Å². The molecule has 0 aliphatic rings. The van der Waals surface area contributed by atoms with Crippen LogP contribution in [0.25, 0.3) is 6.08 Å². The second kappa shape index (κ2) is 8.46. The molecule has 0 saturated carbocycles. The molecule has 0 aromatic heterocycles. The molecule has 0 saturated heterocycles. The number of nitrogens with zero attached hydrogens (tertiary/aromatic N) is 1. The summed E-state index contributed by atoms with van der Waals surface area (Å²) < 4.78 is 0.655. The number of halogens is 1. The lowest BCUT2D eigenvalue weighted by atomic mass is 10.0. The van der Waals surface area contributed by atoms with E-state index in [0.29, 0.717) is 4.48 Å². The van der Waals surface area contributed by atoms with Gasteiger partial charge in [-0.05, 0) is 49.6 Å². The van der Waals surface area contributed by atoms with E-state index in [1.54, 1.807) is 0 Å². The number of amides is 1. The minimum Gasteiger partial charge on any atom is -0.321 e. The van der Waals surface area contributed by atoms with Gasteiger partial charge >= 0.3 is 0 Å². The largest absolute Gasteiger partial charge is 0.321 e. The Balaban J connectivity index is 2.25. The number of aryl methyl sites for hydroxylation is 3.